The van der Waals surface area contributed by atoms with E-state index in [1.807, 2.05) is 18.2 Å². The molecule has 4 rings (SSSR count). The summed E-state index contributed by atoms with van der Waals surface area (Å²) in [5, 5.41) is 7.35. The number of nitrogens with zero attached hydrogens (tertiary/aromatic N) is 2. The Labute approximate surface area is 169 Å². The van der Waals surface area contributed by atoms with Crippen LogP contribution in [0.4, 0.5) is 0 Å². The fraction of sp³-hybridized carbons (Fsp3) is 0.409. The summed E-state index contributed by atoms with van der Waals surface area (Å²) in [6, 6.07) is 8.68. The molecule has 0 saturated heterocycles. The first kappa shape index (κ1) is 19.2. The zero-order valence-electron chi connectivity index (χ0n) is 16.4. The largest absolute Gasteiger partial charge is 0.454 e. The van der Waals surface area contributed by atoms with E-state index in [1.54, 1.807) is 6.07 Å². The Morgan fingerprint density at radius 1 is 1.14 bits per heavy atom. The highest BCUT2D eigenvalue weighted by Gasteiger charge is 2.15. The van der Waals surface area contributed by atoms with Gasteiger partial charge in [-0.15, -0.1) is 0 Å². The lowest BCUT2D eigenvalue weighted by Crippen LogP contribution is -2.29. The van der Waals surface area contributed by atoms with Gasteiger partial charge in [-0.25, -0.2) is 4.68 Å². The molecule has 0 radical (unpaired) electrons. The predicted octanol–water partition coefficient (Wildman–Crippen LogP) is 3.04. The van der Waals surface area contributed by atoms with Gasteiger partial charge in [0.15, 0.2) is 11.5 Å². The number of amides is 1. The minimum atomic E-state index is -0.227. The maximum Gasteiger partial charge on any atom is 0.266 e. The molecule has 0 atom stereocenters. The average Bonchev–Trinajstić information content (AvgIpc) is 3.22. The molecule has 1 aliphatic carbocycles. The lowest BCUT2D eigenvalue weighted by molar-refractivity contribution is -0.121. The van der Waals surface area contributed by atoms with Crippen molar-refractivity contribution < 1.29 is 14.3 Å². The van der Waals surface area contributed by atoms with Crippen LogP contribution in [0.25, 0.3) is 11.3 Å². The van der Waals surface area contributed by atoms with Gasteiger partial charge in [-0.05, 0) is 56.4 Å². The van der Waals surface area contributed by atoms with Gasteiger partial charge in [-0.2, -0.15) is 5.10 Å². The van der Waals surface area contributed by atoms with Gasteiger partial charge in [-0.3, -0.25) is 9.59 Å². The van der Waals surface area contributed by atoms with Crippen LogP contribution in [0, 0.1) is 0 Å². The number of carbonyl (C=O) groups excluding carboxylic acids is 1. The normalized spacial score (nSPS) is 15.1. The molecular formula is C22H25N3O4. The maximum absolute atomic E-state index is 12.1. The number of rotatable bonds is 7. The van der Waals surface area contributed by atoms with Crippen molar-refractivity contribution in [2.45, 2.75) is 45.1 Å². The molecule has 1 aromatic carbocycles. The lowest BCUT2D eigenvalue weighted by atomic mass is 9.97. The van der Waals surface area contributed by atoms with Crippen LogP contribution in [0.15, 0.2) is 46.8 Å². The first-order valence-electron chi connectivity index (χ1n) is 10.1. The highest BCUT2D eigenvalue weighted by Crippen LogP contribution is 2.35. The summed E-state index contributed by atoms with van der Waals surface area (Å²) in [7, 11) is 0. The molecule has 2 heterocycles. The van der Waals surface area contributed by atoms with Crippen molar-refractivity contribution in [1.82, 2.24) is 15.1 Å². The molecule has 1 N–H and O–H groups in total. The molecule has 2 aromatic rings. The van der Waals surface area contributed by atoms with Gasteiger partial charge in [-0.1, -0.05) is 11.6 Å². The third kappa shape index (κ3) is 4.85. The van der Waals surface area contributed by atoms with E-state index in [-0.39, 0.29) is 31.2 Å². The second kappa shape index (κ2) is 8.94. The van der Waals surface area contributed by atoms with E-state index in [9.17, 15) is 9.59 Å². The third-order valence-corrected chi connectivity index (χ3v) is 5.24. The van der Waals surface area contributed by atoms with Crippen LogP contribution in [-0.2, 0) is 11.3 Å². The molecule has 0 unspecified atom stereocenters. The number of allylic oxidation sites excluding steroid dienone is 1. The van der Waals surface area contributed by atoms with Crippen molar-refractivity contribution in [2.75, 3.05) is 13.3 Å². The molecule has 7 nitrogen and oxygen atoms in total. The van der Waals surface area contributed by atoms with Gasteiger partial charge in [0.05, 0.1) is 12.2 Å². The molecule has 0 spiro atoms. The molecule has 152 valence electrons. The molecule has 1 amide bonds. The van der Waals surface area contributed by atoms with E-state index in [2.05, 4.69) is 16.5 Å². The molecule has 0 saturated carbocycles. The van der Waals surface area contributed by atoms with Gasteiger partial charge in [0, 0.05) is 24.6 Å². The van der Waals surface area contributed by atoms with Gasteiger partial charge in [0.1, 0.15) is 0 Å². The van der Waals surface area contributed by atoms with Crippen LogP contribution in [-0.4, -0.2) is 29.0 Å². The molecule has 1 aromatic heterocycles. The zero-order valence-corrected chi connectivity index (χ0v) is 16.4. The van der Waals surface area contributed by atoms with Crippen LogP contribution in [0.2, 0.25) is 0 Å². The fourth-order valence-electron chi connectivity index (χ4n) is 3.61. The second-order valence-corrected chi connectivity index (χ2v) is 7.31. The average molecular weight is 395 g/mol. The van der Waals surface area contributed by atoms with Crippen molar-refractivity contribution >= 4 is 5.91 Å². The molecule has 0 bridgehead atoms. The number of nitrogens with one attached hydrogen (secondary N) is 1. The quantitative estimate of drug-likeness (QED) is 0.729. The van der Waals surface area contributed by atoms with E-state index in [4.69, 9.17) is 9.47 Å². The van der Waals surface area contributed by atoms with Gasteiger partial charge in [0.2, 0.25) is 12.7 Å². The van der Waals surface area contributed by atoms with Gasteiger partial charge >= 0.3 is 0 Å². The summed E-state index contributed by atoms with van der Waals surface area (Å²) in [6.45, 7) is 1.09. The van der Waals surface area contributed by atoms with Crippen LogP contribution in [0.3, 0.4) is 0 Å². The minimum Gasteiger partial charge on any atom is -0.454 e. The molecular weight excluding hydrogens is 370 g/mol. The van der Waals surface area contributed by atoms with Crippen LogP contribution in [0.1, 0.15) is 38.5 Å². The highest BCUT2D eigenvalue weighted by atomic mass is 16.7. The number of hydrogen-bond donors (Lipinski definition) is 1. The summed E-state index contributed by atoms with van der Waals surface area (Å²) < 4.78 is 12.1. The van der Waals surface area contributed by atoms with Crippen LogP contribution < -0.4 is 20.3 Å². The van der Waals surface area contributed by atoms with Crippen molar-refractivity contribution in [3.63, 3.8) is 0 Å². The summed E-state index contributed by atoms with van der Waals surface area (Å²) in [5.41, 5.74) is 2.68. The lowest BCUT2D eigenvalue weighted by Gasteiger charge is -2.13. The Bertz CT molecular complexity index is 980. The van der Waals surface area contributed by atoms with E-state index in [0.29, 0.717) is 23.7 Å². The SMILES string of the molecule is O=C(CCn1nc(-c2ccc3c(c2)OCO3)ccc1=O)NCCC1=CCCCC1. The maximum atomic E-state index is 12.1. The number of ether oxygens (including phenoxy) is 2. The number of benzene rings is 1. The molecule has 7 heteroatoms. The van der Waals surface area contributed by atoms with Crippen molar-refractivity contribution in [1.29, 1.82) is 0 Å². The van der Waals surface area contributed by atoms with Crippen molar-refractivity contribution in [3.8, 4) is 22.8 Å². The minimum absolute atomic E-state index is 0.0661. The Morgan fingerprint density at radius 2 is 2.03 bits per heavy atom. The summed E-state index contributed by atoms with van der Waals surface area (Å²) in [6.07, 6.45) is 8.22. The number of aryl methyl sites for hydroxylation is 1. The fourth-order valence-corrected chi connectivity index (χ4v) is 3.61. The van der Waals surface area contributed by atoms with Crippen LogP contribution in [0.5, 0.6) is 11.5 Å². The first-order valence-corrected chi connectivity index (χ1v) is 10.1. The Morgan fingerprint density at radius 3 is 2.90 bits per heavy atom. The number of carbonyl (C=O) groups is 1. The van der Waals surface area contributed by atoms with Crippen LogP contribution >= 0.6 is 0 Å². The highest BCUT2D eigenvalue weighted by molar-refractivity contribution is 5.75. The number of fused-ring (bicyclic) bond motifs is 1. The third-order valence-electron chi connectivity index (χ3n) is 5.24. The second-order valence-electron chi connectivity index (χ2n) is 7.31. The summed E-state index contributed by atoms with van der Waals surface area (Å²) in [4.78, 5) is 24.3. The Kier molecular flexibility index (Phi) is 5.93. The molecule has 2 aliphatic rings. The van der Waals surface area contributed by atoms with E-state index >= 15 is 0 Å². The molecule has 0 fully saturated rings. The Balaban J connectivity index is 1.34. The first-order chi connectivity index (χ1) is 14.2. The van der Waals surface area contributed by atoms with E-state index in [1.165, 1.54) is 29.2 Å². The number of aromatic nitrogens is 2. The topological polar surface area (TPSA) is 82.5 Å². The predicted molar refractivity (Wildman–Crippen MR) is 109 cm³/mol. The van der Waals surface area contributed by atoms with E-state index < -0.39 is 0 Å². The molecule has 29 heavy (non-hydrogen) atoms. The monoisotopic (exact) mass is 395 g/mol. The number of hydrogen-bond acceptors (Lipinski definition) is 5. The standard InChI is InChI=1S/C22H25N3O4/c26-21(23-12-10-16-4-2-1-3-5-16)11-13-25-22(27)9-7-18(24-25)17-6-8-19-20(14-17)29-15-28-19/h4,6-9,14H,1-3,5,10-13,15H2,(H,23,26). The van der Waals surface area contributed by atoms with E-state index in [0.717, 1.165) is 24.8 Å². The van der Waals surface area contributed by atoms with Crippen molar-refractivity contribution in [3.05, 3.63) is 52.3 Å². The van der Waals surface area contributed by atoms with Gasteiger partial charge in [0.25, 0.3) is 5.56 Å². The summed E-state index contributed by atoms with van der Waals surface area (Å²) in [5.74, 6) is 1.29. The van der Waals surface area contributed by atoms with Crippen molar-refractivity contribution in [2.24, 2.45) is 0 Å². The molecule has 1 aliphatic heterocycles. The summed E-state index contributed by atoms with van der Waals surface area (Å²) >= 11 is 0. The smallest absolute Gasteiger partial charge is 0.266 e. The van der Waals surface area contributed by atoms with Gasteiger partial charge < -0.3 is 14.8 Å². The zero-order chi connectivity index (χ0) is 20.1. The Hall–Kier alpha value is -3.09.